The Hall–Kier alpha value is -0.870. The highest BCUT2D eigenvalue weighted by atomic mass is 16.5. The number of ether oxygens (including phenoxy) is 1. The van der Waals surface area contributed by atoms with E-state index in [4.69, 9.17) is 4.74 Å². The van der Waals surface area contributed by atoms with Crippen LogP contribution in [0, 0.1) is 13.8 Å². The molecule has 4 nitrogen and oxygen atoms in total. The van der Waals surface area contributed by atoms with Gasteiger partial charge in [-0.2, -0.15) is 5.10 Å². The van der Waals surface area contributed by atoms with E-state index in [1.54, 1.807) is 0 Å². The van der Waals surface area contributed by atoms with Gasteiger partial charge in [-0.25, -0.2) is 0 Å². The highest BCUT2D eigenvalue weighted by Gasteiger charge is 2.29. The van der Waals surface area contributed by atoms with E-state index >= 15 is 0 Å². The average molecular weight is 182 g/mol. The zero-order valence-corrected chi connectivity index (χ0v) is 7.90. The van der Waals surface area contributed by atoms with Crippen molar-refractivity contribution in [2.45, 2.75) is 26.0 Å². The maximum Gasteiger partial charge on any atom is 0.104 e. The number of aliphatic hydroxyl groups is 1. The summed E-state index contributed by atoms with van der Waals surface area (Å²) < 4.78 is 7.03. The van der Waals surface area contributed by atoms with Gasteiger partial charge in [0.1, 0.15) is 12.1 Å². The molecular formula is C9H14N2O2. The molecule has 4 heteroatoms. The van der Waals surface area contributed by atoms with Crippen molar-refractivity contribution in [3.8, 4) is 0 Å². The van der Waals surface area contributed by atoms with Crippen LogP contribution in [0.15, 0.2) is 6.07 Å². The van der Waals surface area contributed by atoms with Crippen molar-refractivity contribution < 1.29 is 9.84 Å². The molecule has 0 radical (unpaired) electrons. The number of aromatic nitrogens is 2. The van der Waals surface area contributed by atoms with Gasteiger partial charge in [0.25, 0.3) is 0 Å². The topological polar surface area (TPSA) is 47.3 Å². The SMILES string of the molecule is Cc1cc(C)n([C@@H]2COC[C@H]2O)n1. The standard InChI is InChI=1S/C9H14N2O2/c1-6-3-7(2)11(10-6)8-4-13-5-9(8)12/h3,8-9,12H,4-5H2,1-2H3/t8-,9-/m1/s1. The molecule has 2 rings (SSSR count). The zero-order valence-electron chi connectivity index (χ0n) is 7.90. The average Bonchev–Trinajstić information content (AvgIpc) is 2.58. The van der Waals surface area contributed by atoms with Gasteiger partial charge in [0.2, 0.25) is 0 Å². The second kappa shape index (κ2) is 3.12. The molecule has 0 aromatic carbocycles. The Morgan fingerprint density at radius 3 is 2.77 bits per heavy atom. The summed E-state index contributed by atoms with van der Waals surface area (Å²) in [7, 11) is 0. The smallest absolute Gasteiger partial charge is 0.104 e. The fourth-order valence-corrected chi connectivity index (χ4v) is 1.75. The number of aryl methyl sites for hydroxylation is 2. The van der Waals surface area contributed by atoms with Gasteiger partial charge in [-0.15, -0.1) is 0 Å². The van der Waals surface area contributed by atoms with E-state index in [2.05, 4.69) is 5.10 Å². The zero-order chi connectivity index (χ0) is 9.42. The third kappa shape index (κ3) is 1.47. The first-order valence-electron chi connectivity index (χ1n) is 4.47. The lowest BCUT2D eigenvalue weighted by Gasteiger charge is -2.14. The minimum atomic E-state index is -0.419. The van der Waals surface area contributed by atoms with E-state index in [0.29, 0.717) is 13.2 Å². The number of hydrogen-bond donors (Lipinski definition) is 1. The normalized spacial score (nSPS) is 28.2. The molecule has 0 saturated carbocycles. The van der Waals surface area contributed by atoms with Gasteiger partial charge in [0.05, 0.1) is 18.9 Å². The lowest BCUT2D eigenvalue weighted by atomic mass is 10.2. The fourth-order valence-electron chi connectivity index (χ4n) is 1.75. The summed E-state index contributed by atoms with van der Waals surface area (Å²) in [5.74, 6) is 0. The highest BCUT2D eigenvalue weighted by Crippen LogP contribution is 2.20. The van der Waals surface area contributed by atoms with Crippen LogP contribution in [0.5, 0.6) is 0 Å². The molecule has 72 valence electrons. The third-order valence-corrected chi connectivity index (χ3v) is 2.38. The van der Waals surface area contributed by atoms with Crippen molar-refractivity contribution in [1.82, 2.24) is 9.78 Å². The Morgan fingerprint density at radius 1 is 1.54 bits per heavy atom. The number of nitrogens with zero attached hydrogens (tertiary/aromatic N) is 2. The largest absolute Gasteiger partial charge is 0.388 e. The van der Waals surface area contributed by atoms with Crippen molar-refractivity contribution in [2.24, 2.45) is 0 Å². The first-order valence-corrected chi connectivity index (χ1v) is 4.47. The second-order valence-corrected chi connectivity index (χ2v) is 3.54. The van der Waals surface area contributed by atoms with Crippen LogP contribution in [-0.2, 0) is 4.74 Å². The number of aliphatic hydroxyl groups excluding tert-OH is 1. The van der Waals surface area contributed by atoms with Crippen LogP contribution in [0.3, 0.4) is 0 Å². The Labute approximate surface area is 77.1 Å². The first kappa shape index (κ1) is 8.72. The van der Waals surface area contributed by atoms with Crippen molar-refractivity contribution >= 4 is 0 Å². The summed E-state index contributed by atoms with van der Waals surface area (Å²) in [6, 6.07) is 2.00. The van der Waals surface area contributed by atoms with Crippen molar-refractivity contribution in [2.75, 3.05) is 13.2 Å². The molecule has 1 aliphatic rings. The molecule has 1 fully saturated rings. The molecule has 2 atom stereocenters. The number of hydrogen-bond acceptors (Lipinski definition) is 3. The molecule has 0 amide bonds. The van der Waals surface area contributed by atoms with Crippen LogP contribution in [0.25, 0.3) is 0 Å². The minimum Gasteiger partial charge on any atom is -0.388 e. The summed E-state index contributed by atoms with van der Waals surface area (Å²) in [6.07, 6.45) is -0.419. The van der Waals surface area contributed by atoms with E-state index in [0.717, 1.165) is 11.4 Å². The third-order valence-electron chi connectivity index (χ3n) is 2.38. The Kier molecular flexibility index (Phi) is 2.09. The molecule has 1 aromatic heterocycles. The molecule has 2 heterocycles. The lowest BCUT2D eigenvalue weighted by molar-refractivity contribution is 0.117. The monoisotopic (exact) mass is 182 g/mol. The molecule has 1 N–H and O–H groups in total. The molecule has 0 bridgehead atoms. The molecule has 13 heavy (non-hydrogen) atoms. The number of rotatable bonds is 1. The Balaban J connectivity index is 2.28. The van der Waals surface area contributed by atoms with E-state index < -0.39 is 6.10 Å². The van der Waals surface area contributed by atoms with Gasteiger partial charge >= 0.3 is 0 Å². The van der Waals surface area contributed by atoms with Gasteiger partial charge in [-0.1, -0.05) is 0 Å². The first-order chi connectivity index (χ1) is 6.18. The minimum absolute atomic E-state index is 0.00583. The highest BCUT2D eigenvalue weighted by molar-refractivity contribution is 5.08. The predicted molar refractivity (Wildman–Crippen MR) is 47.6 cm³/mol. The van der Waals surface area contributed by atoms with Gasteiger partial charge < -0.3 is 9.84 Å². The molecule has 0 aliphatic carbocycles. The van der Waals surface area contributed by atoms with Crippen LogP contribution in [-0.4, -0.2) is 34.2 Å². The summed E-state index contributed by atoms with van der Waals surface area (Å²) in [4.78, 5) is 0. The van der Waals surface area contributed by atoms with E-state index in [-0.39, 0.29) is 6.04 Å². The Morgan fingerprint density at radius 2 is 2.31 bits per heavy atom. The van der Waals surface area contributed by atoms with Crippen molar-refractivity contribution in [1.29, 1.82) is 0 Å². The van der Waals surface area contributed by atoms with E-state index in [1.807, 2.05) is 24.6 Å². The second-order valence-electron chi connectivity index (χ2n) is 3.54. The maximum atomic E-state index is 9.59. The van der Waals surface area contributed by atoms with E-state index in [9.17, 15) is 5.11 Å². The summed E-state index contributed by atoms with van der Waals surface area (Å²) >= 11 is 0. The molecular weight excluding hydrogens is 168 g/mol. The summed E-state index contributed by atoms with van der Waals surface area (Å²) in [5, 5.41) is 13.9. The fraction of sp³-hybridized carbons (Fsp3) is 0.667. The van der Waals surface area contributed by atoms with Crippen LogP contribution < -0.4 is 0 Å². The molecule has 1 aliphatic heterocycles. The van der Waals surface area contributed by atoms with Gasteiger partial charge in [-0.3, -0.25) is 4.68 Å². The van der Waals surface area contributed by atoms with E-state index in [1.165, 1.54) is 0 Å². The lowest BCUT2D eigenvalue weighted by Crippen LogP contribution is -2.23. The molecule has 0 spiro atoms. The predicted octanol–water partition coefficient (Wildman–Crippen LogP) is 0.432. The van der Waals surface area contributed by atoms with Crippen LogP contribution in [0.2, 0.25) is 0 Å². The maximum absolute atomic E-state index is 9.59. The van der Waals surface area contributed by atoms with Gasteiger partial charge in [0, 0.05) is 5.69 Å². The summed E-state index contributed by atoms with van der Waals surface area (Å²) in [5.41, 5.74) is 2.06. The summed E-state index contributed by atoms with van der Waals surface area (Å²) in [6.45, 7) is 4.92. The van der Waals surface area contributed by atoms with Crippen molar-refractivity contribution in [3.05, 3.63) is 17.5 Å². The van der Waals surface area contributed by atoms with Gasteiger partial charge in [-0.05, 0) is 19.9 Å². The van der Waals surface area contributed by atoms with Crippen LogP contribution >= 0.6 is 0 Å². The van der Waals surface area contributed by atoms with Crippen molar-refractivity contribution in [3.63, 3.8) is 0 Å². The van der Waals surface area contributed by atoms with Crippen LogP contribution in [0.1, 0.15) is 17.4 Å². The van der Waals surface area contributed by atoms with Crippen LogP contribution in [0.4, 0.5) is 0 Å². The Bertz CT molecular complexity index is 309. The molecule has 1 saturated heterocycles. The molecule has 1 aromatic rings. The van der Waals surface area contributed by atoms with Gasteiger partial charge in [0.15, 0.2) is 0 Å². The quantitative estimate of drug-likeness (QED) is 0.685. The molecule has 0 unspecified atom stereocenters.